The van der Waals surface area contributed by atoms with Crippen LogP contribution < -0.4 is 14.8 Å². The first kappa shape index (κ1) is 29.4. The molecule has 3 aromatic rings. The van der Waals surface area contributed by atoms with Crippen molar-refractivity contribution in [1.82, 2.24) is 5.32 Å². The maximum absolute atomic E-state index is 13.6. The van der Waals surface area contributed by atoms with Crippen LogP contribution in [0.1, 0.15) is 33.4 Å². The second-order valence-corrected chi connectivity index (χ2v) is 11.2. The molecule has 12 nitrogen and oxygen atoms in total. The zero-order chi connectivity index (χ0) is 30.3. The molecule has 3 atom stereocenters. The SMILES string of the molecule is COC(=O)C1(C(=O)OC)N[C@@H](c2cc(Br)ccc2OC(=O)c2cccc([N+](=O)[O-])c2)[C@@H]2C(=O)Oc3ccc(Br)cc3[C@@H]21. The molecule has 2 heterocycles. The molecule has 1 fully saturated rings. The average Bonchev–Trinajstić information content (AvgIpc) is 3.35. The molecule has 0 aliphatic carbocycles. The molecule has 0 saturated carbocycles. The van der Waals surface area contributed by atoms with Crippen LogP contribution in [0.2, 0.25) is 0 Å². The molecule has 42 heavy (non-hydrogen) atoms. The van der Waals surface area contributed by atoms with Crippen LogP contribution in [0.5, 0.6) is 11.5 Å². The second kappa shape index (κ2) is 11.3. The van der Waals surface area contributed by atoms with Gasteiger partial charge in [-0.1, -0.05) is 37.9 Å². The Morgan fingerprint density at radius 3 is 2.24 bits per heavy atom. The fourth-order valence-electron chi connectivity index (χ4n) is 5.43. The Kier molecular flexibility index (Phi) is 7.88. The summed E-state index contributed by atoms with van der Waals surface area (Å²) >= 11 is 6.78. The van der Waals surface area contributed by atoms with E-state index in [1.54, 1.807) is 24.3 Å². The monoisotopic (exact) mass is 702 g/mol. The lowest BCUT2D eigenvalue weighted by molar-refractivity contribution is -0.384. The third-order valence-electron chi connectivity index (χ3n) is 7.17. The van der Waals surface area contributed by atoms with E-state index in [0.29, 0.717) is 14.5 Å². The van der Waals surface area contributed by atoms with E-state index in [1.807, 2.05) is 0 Å². The highest BCUT2D eigenvalue weighted by Gasteiger charge is 2.69. The molecule has 3 aromatic carbocycles. The van der Waals surface area contributed by atoms with Crippen LogP contribution in [0.25, 0.3) is 0 Å². The van der Waals surface area contributed by atoms with Gasteiger partial charge in [0, 0.05) is 38.1 Å². The number of nitrogens with one attached hydrogen (secondary N) is 1. The minimum Gasteiger partial charge on any atom is -0.467 e. The lowest BCUT2D eigenvalue weighted by atomic mass is 9.72. The number of hydrogen-bond donors (Lipinski definition) is 1. The summed E-state index contributed by atoms with van der Waals surface area (Å²) in [6, 6.07) is 13.2. The molecule has 2 aliphatic heterocycles. The molecular formula is C28H20Br2N2O10. The Morgan fingerprint density at radius 1 is 0.952 bits per heavy atom. The summed E-state index contributed by atoms with van der Waals surface area (Å²) in [5.74, 6) is -5.91. The summed E-state index contributed by atoms with van der Waals surface area (Å²) in [5, 5.41) is 14.2. The van der Waals surface area contributed by atoms with Gasteiger partial charge in [0.05, 0.1) is 36.7 Å². The van der Waals surface area contributed by atoms with Gasteiger partial charge in [0.25, 0.3) is 5.69 Å². The van der Waals surface area contributed by atoms with Gasteiger partial charge >= 0.3 is 23.9 Å². The predicted octanol–water partition coefficient (Wildman–Crippen LogP) is 4.39. The van der Waals surface area contributed by atoms with Gasteiger partial charge in [0.2, 0.25) is 5.54 Å². The largest absolute Gasteiger partial charge is 0.467 e. The van der Waals surface area contributed by atoms with Crippen LogP contribution in [-0.4, -0.2) is 48.6 Å². The van der Waals surface area contributed by atoms with Gasteiger partial charge in [0.15, 0.2) is 0 Å². The number of fused-ring (bicyclic) bond motifs is 3. The fourth-order valence-corrected chi connectivity index (χ4v) is 6.18. The van der Waals surface area contributed by atoms with E-state index in [0.717, 1.165) is 20.3 Å². The van der Waals surface area contributed by atoms with E-state index in [1.165, 1.54) is 30.3 Å². The quantitative estimate of drug-likeness (QED) is 0.128. The summed E-state index contributed by atoms with van der Waals surface area (Å²) in [6.45, 7) is 0. The Bertz CT molecular complexity index is 1640. The number of esters is 4. The molecule has 0 radical (unpaired) electrons. The number of nitrogens with zero attached hydrogens (tertiary/aromatic N) is 1. The molecule has 0 aromatic heterocycles. The van der Waals surface area contributed by atoms with Crippen LogP contribution in [0.3, 0.4) is 0 Å². The number of rotatable bonds is 6. The molecule has 2 aliphatic rings. The van der Waals surface area contributed by atoms with Crippen molar-refractivity contribution in [2.75, 3.05) is 14.2 Å². The number of halogens is 2. The smallest absolute Gasteiger partial charge is 0.343 e. The highest BCUT2D eigenvalue weighted by molar-refractivity contribution is 9.10. The number of nitro benzene ring substituents is 1. The Labute approximate surface area is 254 Å². The van der Waals surface area contributed by atoms with E-state index < -0.39 is 52.2 Å². The van der Waals surface area contributed by atoms with Crippen LogP contribution >= 0.6 is 31.9 Å². The van der Waals surface area contributed by atoms with E-state index in [-0.39, 0.29) is 28.3 Å². The van der Waals surface area contributed by atoms with Gasteiger partial charge in [-0.2, -0.15) is 0 Å². The Hall–Kier alpha value is -4.14. The van der Waals surface area contributed by atoms with Gasteiger partial charge in [0.1, 0.15) is 11.5 Å². The molecule has 1 N–H and O–H groups in total. The summed E-state index contributed by atoms with van der Waals surface area (Å²) in [4.78, 5) is 64.2. The number of ether oxygens (including phenoxy) is 4. The van der Waals surface area contributed by atoms with Crippen LogP contribution in [0.15, 0.2) is 69.6 Å². The molecule has 5 rings (SSSR count). The topological polar surface area (TPSA) is 160 Å². The standard InChI is InChI=1S/C28H20Br2N2O10/c1-39-26(35)28(27(36)40-2)22-17-11-14(29)6-8-19(17)42-25(34)21(22)23(31-28)18-12-15(30)7-9-20(18)41-24(33)13-4-3-5-16(10-13)32(37)38/h3-12,21-23,31H,1-2H3/t21-,22+,23+/m1/s1. The first-order valence-corrected chi connectivity index (χ1v) is 13.8. The Morgan fingerprint density at radius 2 is 1.60 bits per heavy atom. The van der Waals surface area contributed by atoms with Gasteiger partial charge in [-0.25, -0.2) is 14.4 Å². The summed E-state index contributed by atoms with van der Waals surface area (Å²) in [6.07, 6.45) is 0. The van der Waals surface area contributed by atoms with Crippen molar-refractivity contribution in [2.24, 2.45) is 5.92 Å². The number of hydrogen-bond acceptors (Lipinski definition) is 11. The van der Waals surface area contributed by atoms with Crippen molar-refractivity contribution in [3.8, 4) is 11.5 Å². The van der Waals surface area contributed by atoms with Crippen molar-refractivity contribution >= 4 is 61.4 Å². The number of benzene rings is 3. The molecule has 0 unspecified atom stereocenters. The fraction of sp³-hybridized carbons (Fsp3) is 0.214. The van der Waals surface area contributed by atoms with Crippen molar-refractivity contribution in [3.05, 3.63) is 96.4 Å². The van der Waals surface area contributed by atoms with Crippen molar-refractivity contribution in [3.63, 3.8) is 0 Å². The predicted molar refractivity (Wildman–Crippen MR) is 151 cm³/mol. The van der Waals surface area contributed by atoms with Gasteiger partial charge in [-0.05, 0) is 42.5 Å². The highest BCUT2D eigenvalue weighted by Crippen LogP contribution is 2.56. The molecule has 1 saturated heterocycles. The van der Waals surface area contributed by atoms with Gasteiger partial charge in [-0.3, -0.25) is 20.2 Å². The Balaban J connectivity index is 1.67. The highest BCUT2D eigenvalue weighted by atomic mass is 79.9. The first-order valence-electron chi connectivity index (χ1n) is 12.2. The number of methoxy groups -OCH3 is 2. The third kappa shape index (κ3) is 4.84. The summed E-state index contributed by atoms with van der Waals surface area (Å²) < 4.78 is 22.6. The minimum absolute atomic E-state index is 0.0377. The zero-order valence-electron chi connectivity index (χ0n) is 21.8. The van der Waals surface area contributed by atoms with E-state index in [9.17, 15) is 29.3 Å². The van der Waals surface area contributed by atoms with Crippen molar-refractivity contribution in [1.29, 1.82) is 0 Å². The maximum atomic E-state index is 13.6. The lowest BCUT2D eigenvalue weighted by Crippen LogP contribution is -2.59. The van der Waals surface area contributed by atoms with Crippen LogP contribution in [0, 0.1) is 16.0 Å². The summed E-state index contributed by atoms with van der Waals surface area (Å²) in [5.41, 5.74) is -2.02. The maximum Gasteiger partial charge on any atom is 0.343 e. The van der Waals surface area contributed by atoms with E-state index >= 15 is 0 Å². The summed E-state index contributed by atoms with van der Waals surface area (Å²) in [7, 11) is 2.21. The molecule has 0 bridgehead atoms. The number of non-ortho nitro benzene ring substituents is 1. The molecular weight excluding hydrogens is 684 g/mol. The molecule has 0 amide bonds. The van der Waals surface area contributed by atoms with Crippen molar-refractivity contribution < 1.29 is 43.0 Å². The molecule has 0 spiro atoms. The lowest BCUT2D eigenvalue weighted by Gasteiger charge is -2.34. The number of carbonyl (C=O) groups is 4. The van der Waals surface area contributed by atoms with Crippen LogP contribution in [0.4, 0.5) is 5.69 Å². The zero-order valence-corrected chi connectivity index (χ0v) is 25.0. The third-order valence-corrected chi connectivity index (χ3v) is 8.16. The van der Waals surface area contributed by atoms with Gasteiger partial charge < -0.3 is 18.9 Å². The second-order valence-electron chi connectivity index (χ2n) is 9.40. The van der Waals surface area contributed by atoms with E-state index in [4.69, 9.17) is 18.9 Å². The first-order chi connectivity index (χ1) is 20.0. The number of nitro groups is 1. The van der Waals surface area contributed by atoms with Crippen LogP contribution in [-0.2, 0) is 23.9 Å². The van der Waals surface area contributed by atoms with Crippen molar-refractivity contribution in [2.45, 2.75) is 17.5 Å². The molecule has 216 valence electrons. The molecule has 14 heteroatoms. The normalized spacial score (nSPS) is 20.0. The average molecular weight is 704 g/mol. The van der Waals surface area contributed by atoms with E-state index in [2.05, 4.69) is 37.2 Å². The minimum atomic E-state index is -2.20. The number of carbonyl (C=O) groups excluding carboxylic acids is 4. The van der Waals surface area contributed by atoms with Gasteiger partial charge in [-0.15, -0.1) is 0 Å².